The monoisotopic (exact) mass is 302 g/mol. The second kappa shape index (κ2) is 4.41. The molecule has 0 saturated heterocycles. The van der Waals surface area contributed by atoms with Gasteiger partial charge in [0.05, 0.1) is 9.77 Å². The maximum absolute atomic E-state index is 5.41. The number of hydrogen-bond donors (Lipinski definition) is 0. The Hall–Kier alpha value is -1.11. The number of hydrogen-bond acceptors (Lipinski definition) is 4. The average Bonchev–Trinajstić information content (AvgIpc) is 2.69. The van der Waals surface area contributed by atoms with Gasteiger partial charge in [-0.05, 0) is 34.7 Å². The molecule has 0 unspecified atom stereocenters. The van der Waals surface area contributed by atoms with E-state index < -0.39 is 0 Å². The molecule has 0 bridgehead atoms. The summed E-state index contributed by atoms with van der Waals surface area (Å²) in [7, 11) is 0. The molecule has 0 aromatic carbocycles. The highest BCUT2D eigenvalue weighted by Gasteiger charge is 2.03. The zero-order valence-electron chi connectivity index (χ0n) is 7.18. The van der Waals surface area contributed by atoms with Crippen molar-refractivity contribution in [3.63, 3.8) is 0 Å². The SMILES string of the molecule is Ic1cccnc1OCc1ncco1. The van der Waals surface area contributed by atoms with Gasteiger partial charge in [-0.1, -0.05) is 0 Å². The Labute approximate surface area is 94.5 Å². The first-order valence-corrected chi connectivity index (χ1v) is 5.06. The van der Waals surface area contributed by atoms with Gasteiger partial charge < -0.3 is 9.15 Å². The van der Waals surface area contributed by atoms with Gasteiger partial charge in [0.2, 0.25) is 11.8 Å². The Balaban J connectivity index is 2.02. The summed E-state index contributed by atoms with van der Waals surface area (Å²) in [5.41, 5.74) is 0. The predicted molar refractivity (Wildman–Crippen MR) is 57.8 cm³/mol. The van der Waals surface area contributed by atoms with E-state index in [1.807, 2.05) is 12.1 Å². The van der Waals surface area contributed by atoms with Crippen LogP contribution in [0.25, 0.3) is 0 Å². The van der Waals surface area contributed by atoms with Crippen LogP contribution in [0.15, 0.2) is 35.2 Å². The molecule has 0 aliphatic carbocycles. The van der Waals surface area contributed by atoms with E-state index >= 15 is 0 Å². The van der Waals surface area contributed by atoms with Crippen LogP contribution in [0.4, 0.5) is 0 Å². The molecule has 0 fully saturated rings. The van der Waals surface area contributed by atoms with Crippen LogP contribution in [0.1, 0.15) is 5.89 Å². The van der Waals surface area contributed by atoms with Crippen LogP contribution in [0.3, 0.4) is 0 Å². The zero-order chi connectivity index (χ0) is 9.80. The standard InChI is InChI=1S/C9H7IN2O2/c10-7-2-1-3-12-9(7)14-6-8-11-4-5-13-8/h1-5H,6H2. The molecule has 0 amide bonds. The lowest BCUT2D eigenvalue weighted by molar-refractivity contribution is 0.252. The van der Waals surface area contributed by atoms with E-state index in [4.69, 9.17) is 9.15 Å². The van der Waals surface area contributed by atoms with Crippen LogP contribution < -0.4 is 4.74 Å². The number of ether oxygens (including phenoxy) is 1. The highest BCUT2D eigenvalue weighted by molar-refractivity contribution is 14.1. The lowest BCUT2D eigenvalue weighted by Crippen LogP contribution is -1.98. The number of pyridine rings is 1. The largest absolute Gasteiger partial charge is 0.467 e. The normalized spacial score (nSPS) is 10.1. The van der Waals surface area contributed by atoms with Crippen molar-refractivity contribution in [2.24, 2.45) is 0 Å². The number of oxazole rings is 1. The molecule has 72 valence electrons. The first-order valence-electron chi connectivity index (χ1n) is 3.98. The molecule has 0 radical (unpaired) electrons. The summed E-state index contributed by atoms with van der Waals surface area (Å²) in [4.78, 5) is 8.02. The minimum absolute atomic E-state index is 0.306. The third-order valence-electron chi connectivity index (χ3n) is 1.54. The molecule has 2 heterocycles. The third kappa shape index (κ3) is 2.22. The maximum atomic E-state index is 5.41. The van der Waals surface area contributed by atoms with E-state index in [0.29, 0.717) is 18.4 Å². The molecular weight excluding hydrogens is 295 g/mol. The highest BCUT2D eigenvalue weighted by atomic mass is 127. The van der Waals surface area contributed by atoms with E-state index in [1.165, 1.54) is 6.26 Å². The fourth-order valence-electron chi connectivity index (χ4n) is 0.932. The molecule has 4 nitrogen and oxygen atoms in total. The molecule has 0 N–H and O–H groups in total. The van der Waals surface area contributed by atoms with Crippen molar-refractivity contribution in [2.45, 2.75) is 6.61 Å². The van der Waals surface area contributed by atoms with Gasteiger partial charge in [-0.15, -0.1) is 0 Å². The van der Waals surface area contributed by atoms with E-state index in [1.54, 1.807) is 12.4 Å². The Morgan fingerprint density at radius 1 is 1.36 bits per heavy atom. The van der Waals surface area contributed by atoms with Crippen LogP contribution in [-0.4, -0.2) is 9.97 Å². The van der Waals surface area contributed by atoms with Crippen molar-refractivity contribution in [1.29, 1.82) is 0 Å². The second-order valence-corrected chi connectivity index (χ2v) is 3.67. The number of nitrogens with zero attached hydrogens (tertiary/aromatic N) is 2. The molecule has 0 aliphatic rings. The van der Waals surface area contributed by atoms with Crippen LogP contribution in [0.5, 0.6) is 5.88 Å². The van der Waals surface area contributed by atoms with Crippen molar-refractivity contribution < 1.29 is 9.15 Å². The lowest BCUT2D eigenvalue weighted by atomic mass is 10.5. The summed E-state index contributed by atoms with van der Waals surface area (Å²) in [5.74, 6) is 1.15. The molecule has 5 heteroatoms. The minimum Gasteiger partial charge on any atom is -0.467 e. The van der Waals surface area contributed by atoms with Crippen LogP contribution in [0.2, 0.25) is 0 Å². The summed E-state index contributed by atoms with van der Waals surface area (Å²) >= 11 is 2.16. The van der Waals surface area contributed by atoms with E-state index in [9.17, 15) is 0 Å². The van der Waals surface area contributed by atoms with Crippen molar-refractivity contribution in [3.05, 3.63) is 40.3 Å². The third-order valence-corrected chi connectivity index (χ3v) is 2.36. The molecule has 0 aliphatic heterocycles. The summed E-state index contributed by atoms with van der Waals surface area (Å²) < 4.78 is 11.4. The number of halogens is 1. The average molecular weight is 302 g/mol. The van der Waals surface area contributed by atoms with Gasteiger partial charge in [0, 0.05) is 6.20 Å². The van der Waals surface area contributed by atoms with Crippen LogP contribution >= 0.6 is 22.6 Å². The van der Waals surface area contributed by atoms with Gasteiger partial charge in [-0.25, -0.2) is 9.97 Å². The topological polar surface area (TPSA) is 48.2 Å². The molecule has 14 heavy (non-hydrogen) atoms. The van der Waals surface area contributed by atoms with E-state index in [2.05, 4.69) is 32.6 Å². The quantitative estimate of drug-likeness (QED) is 0.816. The Morgan fingerprint density at radius 2 is 2.29 bits per heavy atom. The maximum Gasteiger partial charge on any atom is 0.232 e. The van der Waals surface area contributed by atoms with Gasteiger partial charge in [0.15, 0.2) is 6.61 Å². The van der Waals surface area contributed by atoms with Gasteiger partial charge in [-0.3, -0.25) is 0 Å². The van der Waals surface area contributed by atoms with Crippen LogP contribution in [0, 0.1) is 3.57 Å². The predicted octanol–water partition coefficient (Wildman–Crippen LogP) is 2.25. The lowest BCUT2D eigenvalue weighted by Gasteiger charge is -2.03. The Bertz CT molecular complexity index is 403. The first-order chi connectivity index (χ1) is 6.86. The highest BCUT2D eigenvalue weighted by Crippen LogP contribution is 2.17. The fraction of sp³-hybridized carbons (Fsp3) is 0.111. The molecular formula is C9H7IN2O2. The molecule has 0 atom stereocenters. The van der Waals surface area contributed by atoms with E-state index in [-0.39, 0.29) is 0 Å². The summed E-state index contributed by atoms with van der Waals surface area (Å²) in [6, 6.07) is 3.79. The molecule has 0 spiro atoms. The number of rotatable bonds is 3. The fourth-order valence-corrected chi connectivity index (χ4v) is 1.43. The smallest absolute Gasteiger partial charge is 0.232 e. The summed E-state index contributed by atoms with van der Waals surface area (Å²) in [6.45, 7) is 0.306. The minimum atomic E-state index is 0.306. The van der Waals surface area contributed by atoms with Gasteiger partial charge in [0.25, 0.3) is 0 Å². The second-order valence-electron chi connectivity index (χ2n) is 2.50. The van der Waals surface area contributed by atoms with Crippen LogP contribution in [-0.2, 0) is 6.61 Å². The molecule has 2 aromatic rings. The van der Waals surface area contributed by atoms with E-state index in [0.717, 1.165) is 3.57 Å². The van der Waals surface area contributed by atoms with Gasteiger partial charge in [-0.2, -0.15) is 0 Å². The Morgan fingerprint density at radius 3 is 3.00 bits per heavy atom. The van der Waals surface area contributed by atoms with Crippen molar-refractivity contribution in [2.75, 3.05) is 0 Å². The number of aromatic nitrogens is 2. The van der Waals surface area contributed by atoms with Crippen molar-refractivity contribution >= 4 is 22.6 Å². The van der Waals surface area contributed by atoms with Gasteiger partial charge in [0.1, 0.15) is 6.26 Å². The summed E-state index contributed by atoms with van der Waals surface area (Å²) in [6.07, 6.45) is 4.79. The molecule has 0 saturated carbocycles. The Kier molecular flexibility index (Phi) is 2.97. The van der Waals surface area contributed by atoms with Gasteiger partial charge >= 0.3 is 0 Å². The first kappa shape index (κ1) is 9.45. The molecule has 2 aromatic heterocycles. The summed E-state index contributed by atoms with van der Waals surface area (Å²) in [5, 5.41) is 0. The molecule has 2 rings (SSSR count). The van der Waals surface area contributed by atoms with Crippen molar-refractivity contribution in [3.8, 4) is 5.88 Å². The van der Waals surface area contributed by atoms with Crippen molar-refractivity contribution in [1.82, 2.24) is 9.97 Å². The zero-order valence-corrected chi connectivity index (χ0v) is 9.34.